The fourth-order valence-electron chi connectivity index (χ4n) is 4.32. The summed E-state index contributed by atoms with van der Waals surface area (Å²) < 4.78 is 4.79. The number of hydrogen-bond donors (Lipinski definition) is 1. The van der Waals surface area contributed by atoms with Crippen molar-refractivity contribution in [2.45, 2.75) is 57.4 Å². The Bertz CT molecular complexity index is 375. The molecule has 4 heteroatoms. The molecule has 3 saturated carbocycles. The van der Waals surface area contributed by atoms with Gasteiger partial charge >= 0.3 is 5.97 Å². The molecule has 0 saturated heterocycles. The number of nitrogens with one attached hydrogen (secondary N) is 1. The predicted octanol–water partition coefficient (Wildman–Crippen LogP) is 2.27. The minimum atomic E-state index is -0.0945. The lowest BCUT2D eigenvalue weighted by Gasteiger charge is -2.27. The van der Waals surface area contributed by atoms with Gasteiger partial charge in [-0.15, -0.1) is 0 Å². The van der Waals surface area contributed by atoms with Gasteiger partial charge in [-0.2, -0.15) is 0 Å². The smallest absolute Gasteiger partial charge is 0.308 e. The molecular formula is C16H25NO3. The van der Waals surface area contributed by atoms with Gasteiger partial charge in [0, 0.05) is 12.0 Å². The van der Waals surface area contributed by atoms with Gasteiger partial charge in [0.05, 0.1) is 13.0 Å². The number of amides is 1. The Hall–Kier alpha value is -1.06. The van der Waals surface area contributed by atoms with Crippen molar-refractivity contribution in [3.8, 4) is 0 Å². The van der Waals surface area contributed by atoms with E-state index in [2.05, 4.69) is 5.32 Å². The fraction of sp³-hybridized carbons (Fsp3) is 0.875. The van der Waals surface area contributed by atoms with Gasteiger partial charge in [0.15, 0.2) is 0 Å². The summed E-state index contributed by atoms with van der Waals surface area (Å²) in [5.74, 6) is 1.88. The maximum absolute atomic E-state index is 12.3. The standard InChI is InChI=1S/C16H25NO3/c1-20-16(19)10-6-8-11(9-7-10)17-15(18)14-12-4-2-3-5-13(12)14/h10-14H,2-9H2,1H3,(H,17,18). The highest BCUT2D eigenvalue weighted by Gasteiger charge is 2.54. The number of fused-ring (bicyclic) bond motifs is 1. The second-order valence-electron chi connectivity index (χ2n) is 6.72. The number of carbonyl (C=O) groups excluding carboxylic acids is 2. The summed E-state index contributed by atoms with van der Waals surface area (Å²) in [6, 6.07) is 0.269. The van der Waals surface area contributed by atoms with E-state index in [9.17, 15) is 9.59 Å². The van der Waals surface area contributed by atoms with E-state index in [1.54, 1.807) is 0 Å². The normalized spacial score (nSPS) is 39.5. The largest absolute Gasteiger partial charge is 0.469 e. The van der Waals surface area contributed by atoms with E-state index in [1.165, 1.54) is 32.8 Å². The van der Waals surface area contributed by atoms with Gasteiger partial charge < -0.3 is 10.1 Å². The van der Waals surface area contributed by atoms with Crippen LogP contribution in [0.5, 0.6) is 0 Å². The third kappa shape index (κ3) is 2.70. The topological polar surface area (TPSA) is 55.4 Å². The Balaban J connectivity index is 1.43. The summed E-state index contributed by atoms with van der Waals surface area (Å²) in [5.41, 5.74) is 0. The number of carbonyl (C=O) groups is 2. The van der Waals surface area contributed by atoms with Crippen molar-refractivity contribution >= 4 is 11.9 Å². The molecule has 3 aliphatic carbocycles. The Morgan fingerprint density at radius 1 is 0.950 bits per heavy atom. The first-order chi connectivity index (χ1) is 9.70. The zero-order valence-corrected chi connectivity index (χ0v) is 12.3. The van der Waals surface area contributed by atoms with Gasteiger partial charge in [-0.1, -0.05) is 12.8 Å². The molecule has 0 aromatic carbocycles. The molecule has 2 unspecified atom stereocenters. The average Bonchev–Trinajstić information content (AvgIpc) is 3.21. The number of hydrogen-bond acceptors (Lipinski definition) is 3. The Morgan fingerprint density at radius 3 is 2.10 bits per heavy atom. The van der Waals surface area contributed by atoms with Crippen molar-refractivity contribution < 1.29 is 14.3 Å². The highest BCUT2D eigenvalue weighted by molar-refractivity contribution is 5.82. The van der Waals surface area contributed by atoms with Gasteiger partial charge in [0.1, 0.15) is 0 Å². The van der Waals surface area contributed by atoms with Crippen molar-refractivity contribution in [2.75, 3.05) is 7.11 Å². The molecule has 0 bridgehead atoms. The van der Waals surface area contributed by atoms with Crippen molar-refractivity contribution in [2.24, 2.45) is 23.7 Å². The second kappa shape index (κ2) is 5.74. The van der Waals surface area contributed by atoms with Crippen LogP contribution < -0.4 is 5.32 Å². The minimum absolute atomic E-state index is 0.0386. The molecule has 0 aromatic heterocycles. The SMILES string of the molecule is COC(=O)C1CCC(NC(=O)C2C3CCCCC32)CC1. The van der Waals surface area contributed by atoms with E-state index in [0.717, 1.165) is 25.7 Å². The predicted molar refractivity (Wildman–Crippen MR) is 74.8 cm³/mol. The van der Waals surface area contributed by atoms with Crippen molar-refractivity contribution in [1.29, 1.82) is 0 Å². The fourth-order valence-corrected chi connectivity index (χ4v) is 4.32. The number of esters is 1. The zero-order valence-electron chi connectivity index (χ0n) is 12.3. The number of rotatable bonds is 3. The molecule has 0 aliphatic heterocycles. The van der Waals surface area contributed by atoms with E-state index in [0.29, 0.717) is 17.8 Å². The molecule has 0 aromatic rings. The quantitative estimate of drug-likeness (QED) is 0.806. The molecule has 3 fully saturated rings. The van der Waals surface area contributed by atoms with Gasteiger partial charge in [-0.05, 0) is 50.4 Å². The lowest BCUT2D eigenvalue weighted by Crippen LogP contribution is -2.40. The number of ether oxygens (including phenoxy) is 1. The first-order valence-corrected chi connectivity index (χ1v) is 8.09. The lowest BCUT2D eigenvalue weighted by molar-refractivity contribution is -0.146. The molecule has 1 N–H and O–H groups in total. The van der Waals surface area contributed by atoms with Crippen LogP contribution in [0.1, 0.15) is 51.4 Å². The van der Waals surface area contributed by atoms with E-state index < -0.39 is 0 Å². The summed E-state index contributed by atoms with van der Waals surface area (Å²) in [4.78, 5) is 23.8. The summed E-state index contributed by atoms with van der Waals surface area (Å²) >= 11 is 0. The molecule has 0 heterocycles. The molecule has 3 aliphatic rings. The third-order valence-electron chi connectivity index (χ3n) is 5.57. The maximum atomic E-state index is 12.3. The monoisotopic (exact) mass is 279 g/mol. The molecule has 1 amide bonds. The van der Waals surface area contributed by atoms with Crippen LogP contribution in [-0.4, -0.2) is 25.0 Å². The molecule has 4 nitrogen and oxygen atoms in total. The van der Waals surface area contributed by atoms with Crippen LogP contribution in [0.15, 0.2) is 0 Å². The Labute approximate surface area is 120 Å². The van der Waals surface area contributed by atoms with Gasteiger partial charge in [-0.3, -0.25) is 9.59 Å². The lowest BCUT2D eigenvalue weighted by atomic mass is 9.86. The molecule has 0 radical (unpaired) electrons. The molecule has 2 atom stereocenters. The molecule has 20 heavy (non-hydrogen) atoms. The van der Waals surface area contributed by atoms with Gasteiger partial charge in [0.2, 0.25) is 5.91 Å². The first kappa shape index (κ1) is 13.9. The van der Waals surface area contributed by atoms with Crippen LogP contribution in [0, 0.1) is 23.7 Å². The van der Waals surface area contributed by atoms with Crippen LogP contribution in [0.2, 0.25) is 0 Å². The van der Waals surface area contributed by atoms with Crippen LogP contribution in [0.3, 0.4) is 0 Å². The van der Waals surface area contributed by atoms with E-state index in [4.69, 9.17) is 4.74 Å². The van der Waals surface area contributed by atoms with Crippen LogP contribution in [-0.2, 0) is 14.3 Å². The zero-order chi connectivity index (χ0) is 14.1. The summed E-state index contributed by atoms with van der Waals surface area (Å²) in [7, 11) is 1.45. The first-order valence-electron chi connectivity index (χ1n) is 8.09. The highest BCUT2D eigenvalue weighted by atomic mass is 16.5. The summed E-state index contributed by atoms with van der Waals surface area (Å²) in [6.07, 6.45) is 8.60. The van der Waals surface area contributed by atoms with Gasteiger partial charge in [-0.25, -0.2) is 0 Å². The number of methoxy groups -OCH3 is 1. The second-order valence-corrected chi connectivity index (χ2v) is 6.72. The van der Waals surface area contributed by atoms with Crippen molar-refractivity contribution in [1.82, 2.24) is 5.32 Å². The minimum Gasteiger partial charge on any atom is -0.469 e. The summed E-state index contributed by atoms with van der Waals surface area (Å²) in [5, 5.41) is 3.22. The van der Waals surface area contributed by atoms with E-state index in [1.807, 2.05) is 0 Å². The Morgan fingerprint density at radius 2 is 1.55 bits per heavy atom. The third-order valence-corrected chi connectivity index (χ3v) is 5.57. The maximum Gasteiger partial charge on any atom is 0.308 e. The average molecular weight is 279 g/mol. The van der Waals surface area contributed by atoms with Gasteiger partial charge in [0.25, 0.3) is 0 Å². The molecular weight excluding hydrogens is 254 g/mol. The Kier molecular flexibility index (Phi) is 3.99. The van der Waals surface area contributed by atoms with E-state index in [-0.39, 0.29) is 23.8 Å². The highest BCUT2D eigenvalue weighted by Crippen LogP contribution is 2.55. The van der Waals surface area contributed by atoms with Crippen molar-refractivity contribution in [3.05, 3.63) is 0 Å². The van der Waals surface area contributed by atoms with Crippen LogP contribution in [0.4, 0.5) is 0 Å². The van der Waals surface area contributed by atoms with Crippen LogP contribution in [0.25, 0.3) is 0 Å². The van der Waals surface area contributed by atoms with Crippen molar-refractivity contribution in [3.63, 3.8) is 0 Å². The molecule has 112 valence electrons. The summed E-state index contributed by atoms with van der Waals surface area (Å²) in [6.45, 7) is 0. The molecule has 0 spiro atoms. The molecule has 3 rings (SSSR count). The van der Waals surface area contributed by atoms with E-state index >= 15 is 0 Å². The van der Waals surface area contributed by atoms with Crippen LogP contribution >= 0.6 is 0 Å².